The second kappa shape index (κ2) is 22.8. The van der Waals surface area contributed by atoms with E-state index >= 15 is 0 Å². The van der Waals surface area contributed by atoms with E-state index in [1.165, 1.54) is 83.5 Å². The molecule has 0 aromatic heterocycles. The van der Waals surface area contributed by atoms with Gasteiger partial charge in [-0.3, -0.25) is 0 Å². The molecular weight excluding hydrogens is 973 g/mol. The van der Waals surface area contributed by atoms with Crippen LogP contribution in [0, 0.1) is 29.6 Å². The van der Waals surface area contributed by atoms with E-state index in [1.54, 1.807) is 5.57 Å². The molecule has 5 aliphatic carbocycles. The van der Waals surface area contributed by atoms with Crippen LogP contribution in [-0.4, -0.2) is 46.6 Å². The summed E-state index contributed by atoms with van der Waals surface area (Å²) >= 11 is 0. The van der Waals surface area contributed by atoms with Gasteiger partial charge in [0.25, 0.3) is 0 Å². The van der Waals surface area contributed by atoms with Crippen LogP contribution in [0.3, 0.4) is 0 Å². The first-order valence-electron chi connectivity index (χ1n) is 28.7. The summed E-state index contributed by atoms with van der Waals surface area (Å²) in [5.74, 6) is 11.5. The lowest BCUT2D eigenvalue weighted by molar-refractivity contribution is 0.171. The van der Waals surface area contributed by atoms with Crippen LogP contribution in [0.1, 0.15) is 137 Å². The molecule has 0 radical (unpaired) electrons. The van der Waals surface area contributed by atoms with Crippen LogP contribution in [-0.2, 0) is 38.5 Å². The summed E-state index contributed by atoms with van der Waals surface area (Å²) in [5, 5.41) is 0. The Bertz CT molecular complexity index is 3180. The maximum Gasteiger partial charge on any atom is 0.231 e. The summed E-state index contributed by atoms with van der Waals surface area (Å²) in [6.45, 7) is 26.8. The fourth-order valence-electron chi connectivity index (χ4n) is 11.6. The summed E-state index contributed by atoms with van der Waals surface area (Å²) in [7, 11) is 0. The summed E-state index contributed by atoms with van der Waals surface area (Å²) < 4.78 is 50.1. The van der Waals surface area contributed by atoms with E-state index in [2.05, 4.69) is 148 Å². The van der Waals surface area contributed by atoms with E-state index in [9.17, 15) is 0 Å². The monoisotopic (exact) mass is 1050 g/mol. The third kappa shape index (κ3) is 11.0. The number of allylic oxidation sites excluding steroid dienone is 5. The third-order valence-corrected chi connectivity index (χ3v) is 16.5. The van der Waals surface area contributed by atoms with Crippen molar-refractivity contribution in [1.29, 1.82) is 0 Å². The van der Waals surface area contributed by atoms with Crippen molar-refractivity contribution < 1.29 is 42.6 Å². The lowest BCUT2D eigenvalue weighted by Crippen LogP contribution is -2.16. The molecule has 0 amide bonds. The van der Waals surface area contributed by atoms with Gasteiger partial charge >= 0.3 is 0 Å². The number of fused-ring (bicyclic) bond motifs is 14. The quantitative estimate of drug-likeness (QED) is 0.171. The normalized spacial score (nSPS) is 17.2. The molecule has 0 unspecified atom stereocenters. The molecule has 0 bridgehead atoms. The zero-order valence-electron chi connectivity index (χ0n) is 47.6. The molecular formula is C69H78O9. The molecule has 15 rings (SSSR count). The van der Waals surface area contributed by atoms with Crippen molar-refractivity contribution >= 4 is 30.4 Å². The van der Waals surface area contributed by atoms with E-state index in [4.69, 9.17) is 42.6 Å². The Morgan fingerprint density at radius 3 is 1.23 bits per heavy atom. The molecule has 9 heteroatoms. The fourth-order valence-corrected chi connectivity index (χ4v) is 11.6. The Hall–Kier alpha value is -7.00. The Morgan fingerprint density at radius 1 is 0.308 bits per heavy atom. The predicted molar refractivity (Wildman–Crippen MR) is 313 cm³/mol. The van der Waals surface area contributed by atoms with E-state index in [1.807, 2.05) is 12.1 Å². The van der Waals surface area contributed by atoms with Gasteiger partial charge in [0.1, 0.15) is 19.0 Å². The molecule has 9 nitrogen and oxygen atoms in total. The lowest BCUT2D eigenvalue weighted by Gasteiger charge is -2.20. The summed E-state index contributed by atoms with van der Waals surface area (Å²) in [6.07, 6.45) is 18.9. The Labute approximate surface area is 462 Å². The van der Waals surface area contributed by atoms with Crippen molar-refractivity contribution in [2.24, 2.45) is 29.6 Å². The molecule has 5 heterocycles. The van der Waals surface area contributed by atoms with Crippen molar-refractivity contribution in [1.82, 2.24) is 0 Å². The highest BCUT2D eigenvalue weighted by Gasteiger charge is 2.28. The number of ether oxygens (including phenoxy) is 9. The summed E-state index contributed by atoms with van der Waals surface area (Å²) in [6, 6.07) is 21.2. The van der Waals surface area contributed by atoms with Gasteiger partial charge in [-0.05, 0) is 137 Å². The first kappa shape index (κ1) is 53.0. The predicted octanol–water partition coefficient (Wildman–Crippen LogP) is 15.7. The van der Waals surface area contributed by atoms with Gasteiger partial charge in [0.2, 0.25) is 13.6 Å². The molecule has 0 saturated carbocycles. The number of rotatable bonds is 5. The Balaban J connectivity index is 0.000000103. The fraction of sp³-hybridized carbons (Fsp3) is 0.420. The van der Waals surface area contributed by atoms with Crippen molar-refractivity contribution in [2.75, 3.05) is 46.6 Å². The molecule has 78 heavy (non-hydrogen) atoms. The largest absolute Gasteiger partial charge is 0.493 e. The minimum atomic E-state index is 0.358. The van der Waals surface area contributed by atoms with E-state index < -0.39 is 0 Å². The summed E-state index contributed by atoms with van der Waals surface area (Å²) in [4.78, 5) is 0. The number of hydrogen-bond acceptors (Lipinski definition) is 9. The standard InChI is InChI=1S/C15H18O2.C14H16O2.C14H16O.2C13H14O2/c1-10(2)12-8-11-4-5-14-15(13(11)9-12)17-7-3-6-16-14;1-9(2)11-7-10-3-4-13-14(12(10)8-11)16-6-5-15-13;1-9(2)11-7-10-3-4-14-12(5-6-15-14)13(10)8-11;1-8(2)9-3-10-5-12-13(15-7-14-12)6-11(10)4-9;1-8(2)10-5-9-3-4-12-13(11(9)6-10)15-7-14-12/h4-5,9-10H,3,6-8H2,1-2H3;3-4,8-9H,5-7H2,1-2H3;3-4,8-9H,5-7H2,1-2H3;3,5-6,8H,4,7H2,1-2H3;3-4,6,8H,5,7H2,1-2H3. The average Bonchev–Trinajstić information content (AvgIpc) is 4.36. The molecule has 0 spiro atoms. The highest BCUT2D eigenvalue weighted by Crippen LogP contribution is 2.46. The Kier molecular flexibility index (Phi) is 15.5. The highest BCUT2D eigenvalue weighted by molar-refractivity contribution is 5.76. The zero-order chi connectivity index (χ0) is 54.2. The number of benzene rings is 5. The highest BCUT2D eigenvalue weighted by atomic mass is 16.7. The maximum atomic E-state index is 5.85. The number of hydrogen-bond donors (Lipinski definition) is 0. The van der Waals surface area contributed by atoms with Crippen molar-refractivity contribution in [3.05, 3.63) is 150 Å². The van der Waals surface area contributed by atoms with Gasteiger partial charge in [0, 0.05) is 35.1 Å². The van der Waals surface area contributed by atoms with Gasteiger partial charge in [-0.2, -0.15) is 0 Å². The van der Waals surface area contributed by atoms with Gasteiger partial charge in [-0.25, -0.2) is 0 Å². The molecule has 5 aromatic carbocycles. The minimum absolute atomic E-state index is 0.358. The van der Waals surface area contributed by atoms with Crippen LogP contribution < -0.4 is 42.6 Å². The Morgan fingerprint density at radius 2 is 0.679 bits per heavy atom. The van der Waals surface area contributed by atoms with Crippen LogP contribution in [0.5, 0.6) is 51.7 Å². The molecule has 5 aromatic rings. The van der Waals surface area contributed by atoms with E-state index in [0.717, 1.165) is 117 Å². The molecule has 0 N–H and O–H groups in total. The first-order valence-corrected chi connectivity index (χ1v) is 28.7. The minimum Gasteiger partial charge on any atom is -0.493 e. The molecule has 5 aliphatic heterocycles. The van der Waals surface area contributed by atoms with Crippen LogP contribution >= 0.6 is 0 Å². The topological polar surface area (TPSA) is 83.1 Å². The second-order valence-electron chi connectivity index (χ2n) is 23.4. The van der Waals surface area contributed by atoms with Crippen LogP contribution in [0.15, 0.2) is 88.5 Å². The van der Waals surface area contributed by atoms with Crippen LogP contribution in [0.2, 0.25) is 0 Å². The average molecular weight is 1050 g/mol. The van der Waals surface area contributed by atoms with E-state index in [0.29, 0.717) is 56.4 Å². The van der Waals surface area contributed by atoms with Gasteiger partial charge in [-0.15, -0.1) is 0 Å². The molecule has 0 fully saturated rings. The summed E-state index contributed by atoms with van der Waals surface area (Å²) in [5.41, 5.74) is 22.4. The second-order valence-corrected chi connectivity index (χ2v) is 23.4. The molecule has 408 valence electrons. The first-order chi connectivity index (χ1) is 37.8. The van der Waals surface area contributed by atoms with Gasteiger partial charge < -0.3 is 42.6 Å². The van der Waals surface area contributed by atoms with Crippen LogP contribution in [0.4, 0.5) is 0 Å². The SMILES string of the molecule is CC(C)C1=Cc2c(ccc3c2CCO3)C1.CC(C)C1=Cc2c(ccc3c2OCCCO3)C1.CC(C)C1=Cc2c(ccc3c2OCCO3)C1.CC(C)C1=Cc2c(ccc3c2OCO3)C1.CC(C)C1=Cc2cc3c(cc2C1)OCO3. The van der Waals surface area contributed by atoms with Gasteiger partial charge in [-0.1, -0.05) is 152 Å². The third-order valence-electron chi connectivity index (χ3n) is 16.5. The lowest BCUT2D eigenvalue weighted by atomic mass is 10.0. The van der Waals surface area contributed by atoms with Crippen LogP contribution in [0.25, 0.3) is 30.4 Å². The van der Waals surface area contributed by atoms with E-state index in [-0.39, 0.29) is 0 Å². The maximum absolute atomic E-state index is 5.85. The van der Waals surface area contributed by atoms with Crippen molar-refractivity contribution in [3.63, 3.8) is 0 Å². The molecule has 0 saturated heterocycles. The smallest absolute Gasteiger partial charge is 0.231 e. The zero-order valence-corrected chi connectivity index (χ0v) is 47.6. The van der Waals surface area contributed by atoms with Gasteiger partial charge in [0.15, 0.2) is 46.0 Å². The van der Waals surface area contributed by atoms with Gasteiger partial charge in [0.05, 0.1) is 19.8 Å². The molecule has 10 aliphatic rings. The van der Waals surface area contributed by atoms with Crippen molar-refractivity contribution in [3.8, 4) is 51.7 Å². The molecule has 0 atom stereocenters. The van der Waals surface area contributed by atoms with Crippen molar-refractivity contribution in [2.45, 2.75) is 114 Å².